The molecule has 0 bridgehead atoms. The van der Waals surface area contributed by atoms with Gasteiger partial charge in [-0.15, -0.1) is 0 Å². The van der Waals surface area contributed by atoms with Crippen molar-refractivity contribution in [2.24, 2.45) is 5.41 Å². The summed E-state index contributed by atoms with van der Waals surface area (Å²) in [5.74, 6) is 0.176. The normalized spacial score (nSPS) is 21.4. The van der Waals surface area contributed by atoms with Crippen molar-refractivity contribution in [1.29, 1.82) is 0 Å². The number of likely N-dealkylation sites (tertiary alicyclic amines) is 1. The standard InChI is InChI=1S/C16H24BrN3O/c1-12(2)20-10-13(17)9-14(20)15(21)19-7-4-16(5-8-19)3-6-18-11-16/h9-10,12,18H,3-8,11H2,1-2H3. The number of aromatic nitrogens is 1. The van der Waals surface area contributed by atoms with E-state index >= 15 is 0 Å². The van der Waals surface area contributed by atoms with Crippen LogP contribution in [0.25, 0.3) is 0 Å². The first-order chi connectivity index (χ1) is 10.0. The van der Waals surface area contributed by atoms with E-state index in [1.54, 1.807) is 0 Å². The first-order valence-corrected chi connectivity index (χ1v) is 8.67. The second kappa shape index (κ2) is 5.76. The van der Waals surface area contributed by atoms with E-state index in [1.165, 1.54) is 6.42 Å². The topological polar surface area (TPSA) is 37.3 Å². The van der Waals surface area contributed by atoms with Crippen LogP contribution in [0, 0.1) is 5.41 Å². The summed E-state index contributed by atoms with van der Waals surface area (Å²) in [5.41, 5.74) is 1.26. The van der Waals surface area contributed by atoms with E-state index in [1.807, 2.05) is 17.2 Å². The van der Waals surface area contributed by atoms with Crippen molar-refractivity contribution < 1.29 is 4.79 Å². The zero-order chi connectivity index (χ0) is 15.0. The second-order valence-electron chi connectivity index (χ2n) is 6.76. The molecule has 2 saturated heterocycles. The van der Waals surface area contributed by atoms with Gasteiger partial charge in [0.05, 0.1) is 0 Å². The fraction of sp³-hybridized carbons (Fsp3) is 0.688. The Labute approximate surface area is 135 Å². The predicted octanol–water partition coefficient (Wildman–Crippen LogP) is 3.05. The molecule has 0 aliphatic carbocycles. The predicted molar refractivity (Wildman–Crippen MR) is 87.6 cm³/mol. The molecule has 1 amide bonds. The molecule has 5 heteroatoms. The largest absolute Gasteiger partial charge is 0.340 e. The highest BCUT2D eigenvalue weighted by Crippen LogP contribution is 2.37. The van der Waals surface area contributed by atoms with E-state index in [0.29, 0.717) is 11.5 Å². The van der Waals surface area contributed by atoms with Crippen LogP contribution in [0.4, 0.5) is 0 Å². The maximum Gasteiger partial charge on any atom is 0.270 e. The molecule has 2 aliphatic rings. The molecule has 2 aliphatic heterocycles. The molecule has 0 radical (unpaired) electrons. The molecule has 3 heterocycles. The van der Waals surface area contributed by atoms with Crippen LogP contribution in [0.2, 0.25) is 0 Å². The van der Waals surface area contributed by atoms with Gasteiger partial charge in [-0.05, 0) is 67.1 Å². The van der Waals surface area contributed by atoms with Crippen molar-refractivity contribution in [3.05, 3.63) is 22.4 Å². The molecule has 21 heavy (non-hydrogen) atoms. The minimum atomic E-state index is 0.176. The summed E-state index contributed by atoms with van der Waals surface area (Å²) in [6.45, 7) is 8.26. The van der Waals surface area contributed by atoms with Crippen LogP contribution in [0.1, 0.15) is 49.6 Å². The van der Waals surface area contributed by atoms with Gasteiger partial charge in [0, 0.05) is 36.3 Å². The van der Waals surface area contributed by atoms with E-state index in [-0.39, 0.29) is 5.91 Å². The van der Waals surface area contributed by atoms with Gasteiger partial charge in [-0.3, -0.25) is 4.79 Å². The number of rotatable bonds is 2. The molecule has 3 rings (SSSR count). The molecular weight excluding hydrogens is 330 g/mol. The zero-order valence-corrected chi connectivity index (χ0v) is 14.4. The molecule has 0 saturated carbocycles. The number of amides is 1. The van der Waals surface area contributed by atoms with Gasteiger partial charge in [0.15, 0.2) is 0 Å². The summed E-state index contributed by atoms with van der Waals surface area (Å²) in [6, 6.07) is 2.24. The number of hydrogen-bond donors (Lipinski definition) is 1. The number of halogens is 1. The summed E-state index contributed by atoms with van der Waals surface area (Å²) in [7, 11) is 0. The summed E-state index contributed by atoms with van der Waals surface area (Å²) in [5, 5.41) is 3.47. The van der Waals surface area contributed by atoms with Crippen LogP contribution >= 0.6 is 15.9 Å². The third kappa shape index (κ3) is 2.90. The smallest absolute Gasteiger partial charge is 0.270 e. The van der Waals surface area contributed by atoms with Crippen LogP contribution in [0.15, 0.2) is 16.7 Å². The van der Waals surface area contributed by atoms with Gasteiger partial charge in [0.2, 0.25) is 0 Å². The van der Waals surface area contributed by atoms with Gasteiger partial charge in [-0.2, -0.15) is 0 Å². The minimum Gasteiger partial charge on any atom is -0.340 e. The fourth-order valence-electron chi connectivity index (χ4n) is 3.61. The minimum absolute atomic E-state index is 0.176. The van der Waals surface area contributed by atoms with Crippen LogP contribution in [0.3, 0.4) is 0 Å². The third-order valence-electron chi connectivity index (χ3n) is 5.03. The Morgan fingerprint density at radius 2 is 2.05 bits per heavy atom. The Hall–Kier alpha value is -0.810. The average molecular weight is 354 g/mol. The number of nitrogens with zero attached hydrogens (tertiary/aromatic N) is 2. The molecule has 0 unspecified atom stereocenters. The number of carbonyl (C=O) groups is 1. The van der Waals surface area contributed by atoms with E-state index < -0.39 is 0 Å². The Morgan fingerprint density at radius 3 is 2.62 bits per heavy atom. The van der Waals surface area contributed by atoms with Crippen molar-refractivity contribution in [2.75, 3.05) is 26.2 Å². The van der Waals surface area contributed by atoms with Gasteiger partial charge in [0.1, 0.15) is 5.69 Å². The average Bonchev–Trinajstić information content (AvgIpc) is 3.06. The lowest BCUT2D eigenvalue weighted by molar-refractivity contribution is 0.0595. The number of nitrogens with one attached hydrogen (secondary N) is 1. The Bertz CT molecular complexity index is 522. The van der Waals surface area contributed by atoms with Crippen molar-refractivity contribution in [1.82, 2.24) is 14.8 Å². The monoisotopic (exact) mass is 353 g/mol. The van der Waals surface area contributed by atoms with Gasteiger partial charge in [-0.25, -0.2) is 0 Å². The number of hydrogen-bond acceptors (Lipinski definition) is 2. The lowest BCUT2D eigenvalue weighted by Gasteiger charge is -2.39. The van der Waals surface area contributed by atoms with Gasteiger partial charge in [-0.1, -0.05) is 0 Å². The van der Waals surface area contributed by atoms with E-state index in [4.69, 9.17) is 0 Å². The zero-order valence-electron chi connectivity index (χ0n) is 12.9. The maximum atomic E-state index is 12.8. The first kappa shape index (κ1) is 15.1. The second-order valence-corrected chi connectivity index (χ2v) is 7.68. The Balaban J connectivity index is 1.72. The molecule has 116 valence electrons. The number of carbonyl (C=O) groups excluding carboxylic acids is 1. The highest BCUT2D eigenvalue weighted by atomic mass is 79.9. The van der Waals surface area contributed by atoms with Crippen LogP contribution in [-0.2, 0) is 0 Å². The van der Waals surface area contributed by atoms with Crippen molar-refractivity contribution in [2.45, 2.75) is 39.2 Å². The summed E-state index contributed by atoms with van der Waals surface area (Å²) in [4.78, 5) is 14.8. The first-order valence-electron chi connectivity index (χ1n) is 7.88. The van der Waals surface area contributed by atoms with Gasteiger partial charge in [0.25, 0.3) is 5.91 Å². The molecule has 1 N–H and O–H groups in total. The molecule has 1 aromatic rings. The van der Waals surface area contributed by atoms with Crippen molar-refractivity contribution in [3.8, 4) is 0 Å². The summed E-state index contributed by atoms with van der Waals surface area (Å²) < 4.78 is 3.04. The molecule has 0 aromatic carbocycles. The van der Waals surface area contributed by atoms with Crippen LogP contribution in [0.5, 0.6) is 0 Å². The molecule has 4 nitrogen and oxygen atoms in total. The Morgan fingerprint density at radius 1 is 1.33 bits per heavy atom. The molecule has 1 aromatic heterocycles. The van der Waals surface area contributed by atoms with Gasteiger partial charge < -0.3 is 14.8 Å². The Kier molecular flexibility index (Phi) is 4.14. The molecule has 1 spiro atoms. The maximum absolute atomic E-state index is 12.8. The van der Waals surface area contributed by atoms with E-state index in [2.05, 4.69) is 39.7 Å². The van der Waals surface area contributed by atoms with Crippen molar-refractivity contribution >= 4 is 21.8 Å². The summed E-state index contributed by atoms with van der Waals surface area (Å²) in [6.07, 6.45) is 5.54. The van der Waals surface area contributed by atoms with Crippen LogP contribution < -0.4 is 5.32 Å². The highest BCUT2D eigenvalue weighted by Gasteiger charge is 2.38. The van der Waals surface area contributed by atoms with Gasteiger partial charge >= 0.3 is 0 Å². The van der Waals surface area contributed by atoms with E-state index in [9.17, 15) is 4.79 Å². The van der Waals surface area contributed by atoms with Crippen LogP contribution in [-0.4, -0.2) is 41.6 Å². The van der Waals surface area contributed by atoms with E-state index in [0.717, 1.165) is 49.2 Å². The third-order valence-corrected chi connectivity index (χ3v) is 5.47. The molecular formula is C16H24BrN3O. The number of piperidine rings is 1. The lowest BCUT2D eigenvalue weighted by atomic mass is 9.78. The quantitative estimate of drug-likeness (QED) is 0.886. The lowest BCUT2D eigenvalue weighted by Crippen LogP contribution is -2.44. The fourth-order valence-corrected chi connectivity index (χ4v) is 4.05. The van der Waals surface area contributed by atoms with Crippen molar-refractivity contribution in [3.63, 3.8) is 0 Å². The SMILES string of the molecule is CC(C)n1cc(Br)cc1C(=O)N1CCC2(CCNC2)CC1. The molecule has 0 atom stereocenters. The summed E-state index contributed by atoms with van der Waals surface area (Å²) >= 11 is 3.49. The molecule has 2 fully saturated rings. The highest BCUT2D eigenvalue weighted by molar-refractivity contribution is 9.10.